The molecule has 0 aromatic carbocycles. The van der Waals surface area contributed by atoms with Crippen LogP contribution in [0.2, 0.25) is 0 Å². The molecule has 0 fully saturated rings. The highest BCUT2D eigenvalue weighted by atomic mass is 32.2. The number of hydrazine groups is 1. The minimum Gasteiger partial charge on any atom is -0.308 e. The van der Waals surface area contributed by atoms with Gasteiger partial charge in [0.2, 0.25) is 10.0 Å². The van der Waals surface area contributed by atoms with Gasteiger partial charge >= 0.3 is 0 Å². The van der Waals surface area contributed by atoms with Crippen molar-refractivity contribution in [3.63, 3.8) is 0 Å². The van der Waals surface area contributed by atoms with Crippen LogP contribution in [0.5, 0.6) is 0 Å². The summed E-state index contributed by atoms with van der Waals surface area (Å²) in [5.74, 6) is 5.57. The summed E-state index contributed by atoms with van der Waals surface area (Å²) in [4.78, 5) is 3.96. The molecule has 20 heavy (non-hydrogen) atoms. The third-order valence-corrected chi connectivity index (χ3v) is 4.08. The third-order valence-electron chi connectivity index (χ3n) is 2.64. The van der Waals surface area contributed by atoms with E-state index in [9.17, 15) is 8.42 Å². The summed E-state index contributed by atoms with van der Waals surface area (Å²) in [5.41, 5.74) is 3.17. The summed E-state index contributed by atoms with van der Waals surface area (Å²) in [6.45, 7) is 0.274. The van der Waals surface area contributed by atoms with E-state index < -0.39 is 10.0 Å². The number of rotatable bonds is 6. The molecule has 0 saturated carbocycles. The van der Waals surface area contributed by atoms with Crippen LogP contribution in [-0.2, 0) is 23.5 Å². The fourth-order valence-corrected chi connectivity index (χ4v) is 2.59. The second-order valence-electron chi connectivity index (χ2n) is 4.15. The summed E-state index contributed by atoms with van der Waals surface area (Å²) < 4.78 is 28.2. The number of hydrogen-bond donors (Lipinski definition) is 3. The van der Waals surface area contributed by atoms with Gasteiger partial charge in [-0.2, -0.15) is 5.10 Å². The summed E-state index contributed by atoms with van der Waals surface area (Å²) in [6.07, 6.45) is 3.58. The second-order valence-corrected chi connectivity index (χ2v) is 5.92. The number of anilines is 1. The standard InChI is InChI=1S/C11H16N6O2S/c1-17-7-5-9(16-17)4-6-14-20(18,19)10-2-3-11(15-12)13-8-10/h2-3,5,7-8,14H,4,6,12H2,1H3,(H,13,15). The van der Waals surface area contributed by atoms with Crippen LogP contribution >= 0.6 is 0 Å². The number of nitrogens with two attached hydrogens (primary N) is 1. The molecule has 4 N–H and O–H groups in total. The maximum atomic E-state index is 12.0. The Balaban J connectivity index is 1.96. The van der Waals surface area contributed by atoms with Gasteiger partial charge < -0.3 is 5.43 Å². The Hall–Kier alpha value is -1.97. The van der Waals surface area contributed by atoms with Crippen LogP contribution in [0.15, 0.2) is 35.5 Å². The topological polar surface area (TPSA) is 115 Å². The van der Waals surface area contributed by atoms with Gasteiger partial charge in [0.1, 0.15) is 10.7 Å². The minimum absolute atomic E-state index is 0.0949. The molecular weight excluding hydrogens is 280 g/mol. The fraction of sp³-hybridized carbons (Fsp3) is 0.273. The lowest BCUT2D eigenvalue weighted by Crippen LogP contribution is -2.26. The van der Waals surface area contributed by atoms with Crippen LogP contribution in [0.3, 0.4) is 0 Å². The van der Waals surface area contributed by atoms with Gasteiger partial charge in [0.25, 0.3) is 0 Å². The quantitative estimate of drug-likeness (QED) is 0.494. The molecule has 0 atom stereocenters. The number of nitrogens with one attached hydrogen (secondary N) is 2. The largest absolute Gasteiger partial charge is 0.308 e. The van der Waals surface area contributed by atoms with E-state index in [1.807, 2.05) is 19.3 Å². The van der Waals surface area contributed by atoms with Gasteiger partial charge in [0, 0.05) is 32.4 Å². The summed E-state index contributed by atoms with van der Waals surface area (Å²) in [6, 6.07) is 4.77. The van der Waals surface area contributed by atoms with Gasteiger partial charge in [-0.3, -0.25) is 4.68 Å². The van der Waals surface area contributed by atoms with E-state index in [4.69, 9.17) is 5.84 Å². The molecule has 0 saturated heterocycles. The van der Waals surface area contributed by atoms with Gasteiger partial charge in [-0.25, -0.2) is 24.0 Å². The van der Waals surface area contributed by atoms with E-state index in [1.54, 1.807) is 4.68 Å². The van der Waals surface area contributed by atoms with Crippen LogP contribution in [0.25, 0.3) is 0 Å². The van der Waals surface area contributed by atoms with Crippen molar-refractivity contribution < 1.29 is 8.42 Å². The van der Waals surface area contributed by atoms with Crippen molar-refractivity contribution in [2.75, 3.05) is 12.0 Å². The van der Waals surface area contributed by atoms with Crippen LogP contribution in [0, 0.1) is 0 Å². The molecule has 0 aliphatic carbocycles. The fourth-order valence-electron chi connectivity index (χ4n) is 1.62. The summed E-state index contributed by atoms with van der Waals surface area (Å²) >= 11 is 0. The first-order valence-corrected chi connectivity index (χ1v) is 7.40. The van der Waals surface area contributed by atoms with Crippen molar-refractivity contribution in [2.45, 2.75) is 11.3 Å². The maximum Gasteiger partial charge on any atom is 0.242 e. The van der Waals surface area contributed by atoms with E-state index in [1.165, 1.54) is 18.3 Å². The Kier molecular flexibility index (Phi) is 4.32. The van der Waals surface area contributed by atoms with Crippen molar-refractivity contribution in [3.05, 3.63) is 36.3 Å². The first-order chi connectivity index (χ1) is 9.51. The van der Waals surface area contributed by atoms with Gasteiger partial charge in [-0.05, 0) is 18.2 Å². The molecule has 0 unspecified atom stereocenters. The zero-order chi connectivity index (χ0) is 14.6. The van der Waals surface area contributed by atoms with Gasteiger partial charge in [0.15, 0.2) is 0 Å². The molecule has 2 heterocycles. The number of pyridine rings is 1. The van der Waals surface area contributed by atoms with Crippen molar-refractivity contribution in [3.8, 4) is 0 Å². The van der Waals surface area contributed by atoms with Crippen molar-refractivity contribution in [1.82, 2.24) is 19.5 Å². The molecule has 0 aliphatic rings. The van der Waals surface area contributed by atoms with Crippen molar-refractivity contribution >= 4 is 15.8 Å². The molecule has 0 spiro atoms. The number of hydrogen-bond acceptors (Lipinski definition) is 6. The van der Waals surface area contributed by atoms with Crippen LogP contribution in [-0.4, -0.2) is 29.7 Å². The molecule has 0 aliphatic heterocycles. The average molecular weight is 296 g/mol. The lowest BCUT2D eigenvalue weighted by Gasteiger charge is -2.06. The molecule has 108 valence electrons. The predicted molar refractivity (Wildman–Crippen MR) is 74.1 cm³/mol. The van der Waals surface area contributed by atoms with Crippen molar-refractivity contribution in [1.29, 1.82) is 0 Å². The molecule has 2 aromatic heterocycles. The Morgan fingerprint density at radius 1 is 1.35 bits per heavy atom. The van der Waals surface area contributed by atoms with Gasteiger partial charge in [-0.1, -0.05) is 0 Å². The monoisotopic (exact) mass is 296 g/mol. The number of nitrogens with zero attached hydrogens (tertiary/aromatic N) is 3. The number of sulfonamides is 1. The molecule has 0 bridgehead atoms. The normalized spacial score (nSPS) is 11.5. The highest BCUT2D eigenvalue weighted by Crippen LogP contribution is 2.09. The van der Waals surface area contributed by atoms with E-state index in [-0.39, 0.29) is 11.4 Å². The summed E-state index contributed by atoms with van der Waals surface area (Å²) in [5, 5.41) is 4.17. The smallest absolute Gasteiger partial charge is 0.242 e. The summed E-state index contributed by atoms with van der Waals surface area (Å²) in [7, 11) is -1.75. The van der Waals surface area contributed by atoms with Crippen LogP contribution in [0.4, 0.5) is 5.82 Å². The Bertz CT molecular complexity index is 664. The molecule has 2 rings (SSSR count). The van der Waals surface area contributed by atoms with E-state index in [2.05, 4.69) is 20.2 Å². The Morgan fingerprint density at radius 2 is 2.15 bits per heavy atom. The molecule has 0 amide bonds. The lowest BCUT2D eigenvalue weighted by molar-refractivity contribution is 0.580. The zero-order valence-corrected chi connectivity index (χ0v) is 11.8. The van der Waals surface area contributed by atoms with E-state index in [0.29, 0.717) is 12.2 Å². The Labute approximate surface area is 117 Å². The third kappa shape index (κ3) is 3.53. The van der Waals surface area contributed by atoms with E-state index in [0.717, 1.165) is 5.69 Å². The first kappa shape index (κ1) is 14.4. The minimum atomic E-state index is -3.56. The van der Waals surface area contributed by atoms with Gasteiger partial charge in [-0.15, -0.1) is 0 Å². The average Bonchev–Trinajstić information content (AvgIpc) is 2.84. The molecule has 9 heteroatoms. The number of aromatic nitrogens is 3. The lowest BCUT2D eigenvalue weighted by atomic mass is 10.3. The predicted octanol–water partition coefficient (Wildman–Crippen LogP) is -0.378. The van der Waals surface area contributed by atoms with Crippen LogP contribution in [0.1, 0.15) is 5.69 Å². The van der Waals surface area contributed by atoms with Crippen LogP contribution < -0.4 is 16.0 Å². The Morgan fingerprint density at radius 3 is 2.70 bits per heavy atom. The SMILES string of the molecule is Cn1ccc(CCNS(=O)(=O)c2ccc(NN)nc2)n1. The molecule has 8 nitrogen and oxygen atoms in total. The molecule has 2 aromatic rings. The maximum absolute atomic E-state index is 12.0. The highest BCUT2D eigenvalue weighted by Gasteiger charge is 2.14. The number of aryl methyl sites for hydroxylation is 1. The van der Waals surface area contributed by atoms with Gasteiger partial charge in [0.05, 0.1) is 5.69 Å². The zero-order valence-electron chi connectivity index (χ0n) is 10.9. The number of nitrogen functional groups attached to an aromatic ring is 1. The molecule has 0 radical (unpaired) electrons. The first-order valence-electron chi connectivity index (χ1n) is 5.92. The van der Waals surface area contributed by atoms with Crippen molar-refractivity contribution in [2.24, 2.45) is 12.9 Å². The second kappa shape index (κ2) is 5.99. The highest BCUT2D eigenvalue weighted by molar-refractivity contribution is 7.89. The van der Waals surface area contributed by atoms with E-state index >= 15 is 0 Å². The molecular formula is C11H16N6O2S.